The van der Waals surface area contributed by atoms with Crippen molar-refractivity contribution in [3.8, 4) is 0 Å². The molecule has 0 radical (unpaired) electrons. The maximum absolute atomic E-state index is 6.34. The molecule has 0 saturated heterocycles. The Hall–Kier alpha value is -0.900. The molecule has 3 rings (SSSR count). The predicted molar refractivity (Wildman–Crippen MR) is 81.1 cm³/mol. The van der Waals surface area contributed by atoms with Crippen LogP contribution in [0.5, 0.6) is 0 Å². The Morgan fingerprint density at radius 3 is 2.95 bits per heavy atom. The summed E-state index contributed by atoms with van der Waals surface area (Å²) in [6, 6.07) is 8.16. The van der Waals surface area contributed by atoms with Crippen molar-refractivity contribution in [1.29, 1.82) is 0 Å². The molecule has 0 spiro atoms. The zero-order valence-electron chi connectivity index (χ0n) is 10.9. The van der Waals surface area contributed by atoms with Crippen molar-refractivity contribution in [3.63, 3.8) is 0 Å². The summed E-state index contributed by atoms with van der Waals surface area (Å²) in [6.07, 6.45) is 3.58. The molecule has 0 bridgehead atoms. The fourth-order valence-corrected chi connectivity index (χ4v) is 4.07. The van der Waals surface area contributed by atoms with Crippen molar-refractivity contribution < 1.29 is 0 Å². The molecule has 1 atom stereocenters. The standard InChI is InChI=1S/C15H17ClN2S/c1-2-17-14(10-6-3-4-7-11(10)16)15-18-12-8-5-9-13(12)19-15/h3-4,6-7,14,17H,2,5,8-9H2,1H3. The molecular formula is C15H17ClN2S. The smallest absolute Gasteiger partial charge is 0.115 e. The average molecular weight is 293 g/mol. The summed E-state index contributed by atoms with van der Waals surface area (Å²) in [4.78, 5) is 6.29. The number of benzene rings is 1. The van der Waals surface area contributed by atoms with Crippen LogP contribution in [0.25, 0.3) is 0 Å². The van der Waals surface area contributed by atoms with Gasteiger partial charge in [0, 0.05) is 9.90 Å². The van der Waals surface area contributed by atoms with Crippen molar-refractivity contribution >= 4 is 22.9 Å². The van der Waals surface area contributed by atoms with Crippen LogP contribution in [0, 0.1) is 0 Å². The van der Waals surface area contributed by atoms with E-state index in [9.17, 15) is 0 Å². The van der Waals surface area contributed by atoms with Crippen LogP contribution in [0.3, 0.4) is 0 Å². The molecule has 1 aromatic carbocycles. The van der Waals surface area contributed by atoms with E-state index in [1.165, 1.54) is 23.4 Å². The summed E-state index contributed by atoms with van der Waals surface area (Å²) >= 11 is 8.18. The van der Waals surface area contributed by atoms with E-state index in [0.717, 1.165) is 28.6 Å². The van der Waals surface area contributed by atoms with Crippen LogP contribution in [-0.2, 0) is 12.8 Å². The quantitative estimate of drug-likeness (QED) is 0.922. The molecule has 0 amide bonds. The Balaban J connectivity index is 1.98. The summed E-state index contributed by atoms with van der Waals surface area (Å²) in [5, 5.41) is 5.47. The number of hydrogen-bond donors (Lipinski definition) is 1. The number of thiazole rings is 1. The molecule has 19 heavy (non-hydrogen) atoms. The highest BCUT2D eigenvalue weighted by Gasteiger charge is 2.23. The highest BCUT2D eigenvalue weighted by molar-refractivity contribution is 7.11. The first-order valence-corrected chi connectivity index (χ1v) is 7.95. The molecule has 2 nitrogen and oxygen atoms in total. The van der Waals surface area contributed by atoms with Gasteiger partial charge in [-0.2, -0.15) is 0 Å². The van der Waals surface area contributed by atoms with Crippen LogP contribution >= 0.6 is 22.9 Å². The Labute approximate surface area is 122 Å². The molecule has 1 N–H and O–H groups in total. The first-order valence-electron chi connectivity index (χ1n) is 6.76. The molecule has 4 heteroatoms. The van der Waals surface area contributed by atoms with Crippen LogP contribution in [0.1, 0.15) is 40.5 Å². The van der Waals surface area contributed by atoms with Gasteiger partial charge in [-0.05, 0) is 37.4 Å². The van der Waals surface area contributed by atoms with E-state index >= 15 is 0 Å². The Bertz CT molecular complexity index is 558. The third-order valence-corrected chi connectivity index (χ3v) is 5.05. The molecule has 0 fully saturated rings. The van der Waals surface area contributed by atoms with Gasteiger partial charge >= 0.3 is 0 Å². The van der Waals surface area contributed by atoms with Crippen LogP contribution < -0.4 is 5.32 Å². The minimum atomic E-state index is 0.120. The van der Waals surface area contributed by atoms with E-state index in [4.69, 9.17) is 16.6 Å². The molecular weight excluding hydrogens is 276 g/mol. The molecule has 0 aliphatic heterocycles. The summed E-state index contributed by atoms with van der Waals surface area (Å²) in [5.41, 5.74) is 2.42. The fraction of sp³-hybridized carbons (Fsp3) is 0.400. The number of aromatic nitrogens is 1. The summed E-state index contributed by atoms with van der Waals surface area (Å²) in [7, 11) is 0. The number of halogens is 1. The molecule has 1 aromatic heterocycles. The number of nitrogens with one attached hydrogen (secondary N) is 1. The first-order chi connectivity index (χ1) is 9.29. The van der Waals surface area contributed by atoms with Gasteiger partial charge in [0.05, 0.1) is 11.7 Å². The van der Waals surface area contributed by atoms with Crippen LogP contribution in [0.2, 0.25) is 5.02 Å². The van der Waals surface area contributed by atoms with Crippen molar-refractivity contribution in [1.82, 2.24) is 10.3 Å². The summed E-state index contributed by atoms with van der Waals surface area (Å²) < 4.78 is 0. The van der Waals surface area contributed by atoms with Crippen LogP contribution in [0.15, 0.2) is 24.3 Å². The van der Waals surface area contributed by atoms with Crippen molar-refractivity contribution in [2.24, 2.45) is 0 Å². The minimum absolute atomic E-state index is 0.120. The highest BCUT2D eigenvalue weighted by atomic mass is 35.5. The molecule has 2 aromatic rings. The summed E-state index contributed by atoms with van der Waals surface area (Å²) in [6.45, 7) is 3.02. The van der Waals surface area contributed by atoms with Crippen LogP contribution in [0.4, 0.5) is 0 Å². The number of rotatable bonds is 4. The van der Waals surface area contributed by atoms with Crippen molar-refractivity contribution in [3.05, 3.63) is 50.4 Å². The number of nitrogens with zero attached hydrogens (tertiary/aromatic N) is 1. The Morgan fingerprint density at radius 2 is 2.21 bits per heavy atom. The molecule has 1 aliphatic rings. The second kappa shape index (κ2) is 5.61. The van der Waals surface area contributed by atoms with Gasteiger partial charge in [-0.1, -0.05) is 36.7 Å². The normalized spacial score (nSPS) is 15.5. The maximum atomic E-state index is 6.34. The molecule has 1 aliphatic carbocycles. The van der Waals surface area contributed by atoms with Crippen molar-refractivity contribution in [2.75, 3.05) is 6.54 Å². The van der Waals surface area contributed by atoms with Gasteiger partial charge in [0.15, 0.2) is 0 Å². The van der Waals surface area contributed by atoms with Crippen molar-refractivity contribution in [2.45, 2.75) is 32.2 Å². The van der Waals surface area contributed by atoms with Gasteiger partial charge in [-0.15, -0.1) is 11.3 Å². The molecule has 100 valence electrons. The van der Waals surface area contributed by atoms with Gasteiger partial charge in [0.1, 0.15) is 5.01 Å². The van der Waals surface area contributed by atoms with E-state index in [1.807, 2.05) is 29.5 Å². The molecule has 1 unspecified atom stereocenters. The number of hydrogen-bond acceptors (Lipinski definition) is 3. The van der Waals surface area contributed by atoms with Gasteiger partial charge in [0.2, 0.25) is 0 Å². The minimum Gasteiger partial charge on any atom is -0.304 e. The molecule has 0 saturated carbocycles. The highest BCUT2D eigenvalue weighted by Crippen LogP contribution is 2.35. The van der Waals surface area contributed by atoms with Gasteiger partial charge in [-0.3, -0.25) is 0 Å². The third-order valence-electron chi connectivity index (χ3n) is 3.48. The maximum Gasteiger partial charge on any atom is 0.115 e. The Kier molecular flexibility index (Phi) is 3.87. The van der Waals surface area contributed by atoms with Gasteiger partial charge in [0.25, 0.3) is 0 Å². The Morgan fingerprint density at radius 1 is 1.37 bits per heavy atom. The average Bonchev–Trinajstić information content (AvgIpc) is 2.97. The first kappa shape index (κ1) is 13.1. The second-order valence-corrected chi connectivity index (χ2v) is 6.31. The fourth-order valence-electron chi connectivity index (χ4n) is 2.58. The lowest BCUT2D eigenvalue weighted by Crippen LogP contribution is -2.22. The topological polar surface area (TPSA) is 24.9 Å². The van der Waals surface area contributed by atoms with Crippen LogP contribution in [-0.4, -0.2) is 11.5 Å². The largest absolute Gasteiger partial charge is 0.304 e. The lowest BCUT2D eigenvalue weighted by Gasteiger charge is -2.17. The van der Waals surface area contributed by atoms with E-state index < -0.39 is 0 Å². The monoisotopic (exact) mass is 292 g/mol. The van der Waals surface area contributed by atoms with E-state index in [1.54, 1.807) is 0 Å². The lowest BCUT2D eigenvalue weighted by atomic mass is 10.1. The zero-order valence-corrected chi connectivity index (χ0v) is 12.5. The van der Waals surface area contributed by atoms with Gasteiger partial charge < -0.3 is 5.32 Å². The SMILES string of the molecule is CCNC(c1nc2c(s1)CCC2)c1ccccc1Cl. The predicted octanol–water partition coefficient (Wildman–Crippen LogP) is 3.98. The van der Waals surface area contributed by atoms with E-state index in [-0.39, 0.29) is 6.04 Å². The number of aryl methyl sites for hydroxylation is 2. The second-order valence-electron chi connectivity index (χ2n) is 4.79. The zero-order chi connectivity index (χ0) is 13.2. The third kappa shape index (κ3) is 2.55. The molecule has 1 heterocycles. The van der Waals surface area contributed by atoms with E-state index in [0.29, 0.717) is 0 Å². The van der Waals surface area contributed by atoms with E-state index in [2.05, 4.69) is 18.3 Å². The van der Waals surface area contributed by atoms with Gasteiger partial charge in [-0.25, -0.2) is 4.98 Å². The number of fused-ring (bicyclic) bond motifs is 1. The lowest BCUT2D eigenvalue weighted by molar-refractivity contribution is 0.625. The summed E-state index contributed by atoms with van der Waals surface area (Å²) in [5.74, 6) is 0.